The van der Waals surface area contributed by atoms with Gasteiger partial charge in [0.1, 0.15) is 5.75 Å². The van der Waals surface area contributed by atoms with Crippen molar-refractivity contribution in [3.63, 3.8) is 0 Å². The third-order valence-corrected chi connectivity index (χ3v) is 3.52. The molecule has 0 unspecified atom stereocenters. The number of carbonyl (C=O) groups is 1. The number of nitrogens with one attached hydrogen (secondary N) is 1. The van der Waals surface area contributed by atoms with E-state index in [4.69, 9.17) is 4.74 Å². The monoisotopic (exact) mass is 319 g/mol. The lowest BCUT2D eigenvalue weighted by atomic mass is 10.1. The van der Waals surface area contributed by atoms with Gasteiger partial charge < -0.3 is 10.1 Å². The van der Waals surface area contributed by atoms with Gasteiger partial charge in [-0.15, -0.1) is 0 Å². The van der Waals surface area contributed by atoms with E-state index in [2.05, 4.69) is 5.32 Å². The maximum absolute atomic E-state index is 13.2. The summed E-state index contributed by atoms with van der Waals surface area (Å²) in [5.41, 5.74) is 2.47. The molecule has 1 atom stereocenters. The van der Waals surface area contributed by atoms with Crippen LogP contribution in [0.2, 0.25) is 0 Å². The summed E-state index contributed by atoms with van der Waals surface area (Å²) in [6.07, 6.45) is 0. The zero-order valence-electron chi connectivity index (χ0n) is 13.3. The lowest BCUT2D eigenvalue weighted by Crippen LogP contribution is -2.31. The van der Waals surface area contributed by atoms with Gasteiger partial charge in [-0.05, 0) is 55.7 Å². The highest BCUT2D eigenvalue weighted by Crippen LogP contribution is 2.19. The SMILES string of the molecule is Cc1ccc(C)c(OCC(=O)N[C@H](C)c2ccc(F)c(F)c2)c1. The first-order valence-corrected chi connectivity index (χ1v) is 7.31. The van der Waals surface area contributed by atoms with E-state index in [1.807, 2.05) is 32.0 Å². The standard InChI is InChI=1S/C18H19F2NO2/c1-11-4-5-12(2)17(8-11)23-10-18(22)21-13(3)14-6-7-15(19)16(20)9-14/h4-9,13H,10H2,1-3H3,(H,21,22)/t13-/m1/s1. The number of halogens is 2. The Morgan fingerprint density at radius 1 is 1.13 bits per heavy atom. The van der Waals surface area contributed by atoms with Crippen LogP contribution in [0, 0.1) is 25.5 Å². The van der Waals surface area contributed by atoms with E-state index in [0.717, 1.165) is 23.3 Å². The molecule has 0 heterocycles. The molecule has 5 heteroatoms. The van der Waals surface area contributed by atoms with Crippen molar-refractivity contribution in [3.8, 4) is 5.75 Å². The number of hydrogen-bond acceptors (Lipinski definition) is 2. The van der Waals surface area contributed by atoms with Crippen molar-refractivity contribution in [3.05, 3.63) is 64.7 Å². The number of ether oxygens (including phenoxy) is 1. The van der Waals surface area contributed by atoms with Gasteiger partial charge in [-0.1, -0.05) is 18.2 Å². The molecule has 0 bridgehead atoms. The summed E-state index contributed by atoms with van der Waals surface area (Å²) in [5.74, 6) is -1.52. The van der Waals surface area contributed by atoms with Crippen molar-refractivity contribution in [2.45, 2.75) is 26.8 Å². The number of hydrogen-bond donors (Lipinski definition) is 1. The maximum atomic E-state index is 13.2. The molecule has 0 saturated heterocycles. The zero-order valence-corrected chi connectivity index (χ0v) is 13.3. The van der Waals surface area contributed by atoms with Gasteiger partial charge in [-0.2, -0.15) is 0 Å². The van der Waals surface area contributed by atoms with Gasteiger partial charge in [0.2, 0.25) is 0 Å². The van der Waals surface area contributed by atoms with E-state index < -0.39 is 17.7 Å². The Kier molecular flexibility index (Phi) is 5.32. The van der Waals surface area contributed by atoms with Gasteiger partial charge >= 0.3 is 0 Å². The van der Waals surface area contributed by atoms with Crippen LogP contribution in [-0.4, -0.2) is 12.5 Å². The highest BCUT2D eigenvalue weighted by atomic mass is 19.2. The Hall–Kier alpha value is -2.43. The van der Waals surface area contributed by atoms with Crippen molar-refractivity contribution in [2.75, 3.05) is 6.61 Å². The van der Waals surface area contributed by atoms with Gasteiger partial charge in [0.15, 0.2) is 18.2 Å². The van der Waals surface area contributed by atoms with Crippen molar-refractivity contribution < 1.29 is 18.3 Å². The van der Waals surface area contributed by atoms with Crippen molar-refractivity contribution in [1.82, 2.24) is 5.32 Å². The minimum atomic E-state index is -0.935. The Morgan fingerprint density at radius 2 is 1.87 bits per heavy atom. The Balaban J connectivity index is 1.93. The molecule has 0 aromatic heterocycles. The third kappa shape index (κ3) is 4.52. The molecule has 2 aromatic rings. The Morgan fingerprint density at radius 3 is 2.57 bits per heavy atom. The van der Waals surface area contributed by atoms with Gasteiger partial charge in [0.05, 0.1) is 6.04 Å². The molecule has 0 saturated carbocycles. The molecule has 0 aliphatic rings. The fraction of sp³-hybridized carbons (Fsp3) is 0.278. The first kappa shape index (κ1) is 16.9. The van der Waals surface area contributed by atoms with Crippen molar-refractivity contribution in [1.29, 1.82) is 0 Å². The van der Waals surface area contributed by atoms with E-state index in [1.165, 1.54) is 6.07 Å². The second-order valence-corrected chi connectivity index (χ2v) is 5.52. The minimum Gasteiger partial charge on any atom is -0.483 e. The molecular formula is C18H19F2NO2. The van der Waals surface area contributed by atoms with Crippen LogP contribution >= 0.6 is 0 Å². The van der Waals surface area contributed by atoms with Crippen LogP contribution < -0.4 is 10.1 Å². The summed E-state index contributed by atoms with van der Waals surface area (Å²) < 4.78 is 31.7. The molecule has 3 nitrogen and oxygen atoms in total. The molecule has 2 aromatic carbocycles. The lowest BCUT2D eigenvalue weighted by molar-refractivity contribution is -0.123. The molecule has 23 heavy (non-hydrogen) atoms. The van der Waals surface area contributed by atoms with Gasteiger partial charge in [0.25, 0.3) is 5.91 Å². The molecule has 0 fully saturated rings. The average molecular weight is 319 g/mol. The Bertz CT molecular complexity index is 716. The lowest BCUT2D eigenvalue weighted by Gasteiger charge is -2.15. The van der Waals surface area contributed by atoms with Crippen LogP contribution in [0.5, 0.6) is 5.75 Å². The summed E-state index contributed by atoms with van der Waals surface area (Å²) in [7, 11) is 0. The van der Waals surface area contributed by atoms with E-state index in [1.54, 1.807) is 6.92 Å². The number of rotatable bonds is 5. The zero-order chi connectivity index (χ0) is 17.0. The predicted octanol–water partition coefficient (Wildman–Crippen LogP) is 3.84. The van der Waals surface area contributed by atoms with Crippen LogP contribution in [-0.2, 0) is 4.79 Å². The molecule has 2 rings (SSSR count). The van der Waals surface area contributed by atoms with Crippen LogP contribution in [0.3, 0.4) is 0 Å². The van der Waals surface area contributed by atoms with Crippen LogP contribution in [0.25, 0.3) is 0 Å². The second-order valence-electron chi connectivity index (χ2n) is 5.52. The van der Waals surface area contributed by atoms with Crippen LogP contribution in [0.15, 0.2) is 36.4 Å². The predicted molar refractivity (Wildman–Crippen MR) is 84.3 cm³/mol. The summed E-state index contributed by atoms with van der Waals surface area (Å²) in [6, 6.07) is 8.86. The molecule has 0 radical (unpaired) electrons. The van der Waals surface area contributed by atoms with Gasteiger partial charge in [0, 0.05) is 0 Å². The molecule has 0 aliphatic carbocycles. The molecular weight excluding hydrogens is 300 g/mol. The minimum absolute atomic E-state index is 0.141. The first-order valence-electron chi connectivity index (χ1n) is 7.31. The maximum Gasteiger partial charge on any atom is 0.258 e. The summed E-state index contributed by atoms with van der Waals surface area (Å²) in [4.78, 5) is 11.9. The highest BCUT2D eigenvalue weighted by molar-refractivity contribution is 5.78. The van der Waals surface area contributed by atoms with E-state index in [9.17, 15) is 13.6 Å². The molecule has 1 N–H and O–H groups in total. The highest BCUT2D eigenvalue weighted by Gasteiger charge is 2.13. The van der Waals surface area contributed by atoms with Crippen molar-refractivity contribution >= 4 is 5.91 Å². The summed E-state index contributed by atoms with van der Waals surface area (Å²) in [6.45, 7) is 5.40. The normalized spacial score (nSPS) is 11.9. The summed E-state index contributed by atoms with van der Waals surface area (Å²) in [5, 5.41) is 2.69. The first-order chi connectivity index (χ1) is 10.9. The second kappa shape index (κ2) is 7.22. The molecule has 122 valence electrons. The number of carbonyl (C=O) groups excluding carboxylic acids is 1. The number of benzene rings is 2. The third-order valence-electron chi connectivity index (χ3n) is 3.52. The quantitative estimate of drug-likeness (QED) is 0.909. The topological polar surface area (TPSA) is 38.3 Å². The molecule has 1 amide bonds. The van der Waals surface area contributed by atoms with E-state index in [-0.39, 0.29) is 12.5 Å². The molecule has 0 spiro atoms. The van der Waals surface area contributed by atoms with Crippen LogP contribution in [0.1, 0.15) is 29.7 Å². The van der Waals surface area contributed by atoms with Crippen molar-refractivity contribution in [2.24, 2.45) is 0 Å². The Labute approximate surface area is 134 Å². The average Bonchev–Trinajstić information content (AvgIpc) is 2.50. The summed E-state index contributed by atoms with van der Waals surface area (Å²) >= 11 is 0. The largest absolute Gasteiger partial charge is 0.483 e. The fourth-order valence-electron chi connectivity index (χ4n) is 2.15. The number of aryl methyl sites for hydroxylation is 2. The smallest absolute Gasteiger partial charge is 0.258 e. The van der Waals surface area contributed by atoms with Gasteiger partial charge in [-0.3, -0.25) is 4.79 Å². The fourth-order valence-corrected chi connectivity index (χ4v) is 2.15. The van der Waals surface area contributed by atoms with E-state index >= 15 is 0 Å². The number of amides is 1. The van der Waals surface area contributed by atoms with E-state index in [0.29, 0.717) is 11.3 Å². The van der Waals surface area contributed by atoms with Crippen LogP contribution in [0.4, 0.5) is 8.78 Å². The van der Waals surface area contributed by atoms with Gasteiger partial charge in [-0.25, -0.2) is 8.78 Å². The molecule has 0 aliphatic heterocycles.